The maximum Gasteiger partial charge on any atom is 0.410 e. The molecular weight excluding hydrogens is 276 g/mol. The second kappa shape index (κ2) is 7.03. The molecule has 1 N–H and O–H groups in total. The summed E-state index contributed by atoms with van der Waals surface area (Å²) in [5, 5.41) is 3.57. The SMILES string of the molecule is CC[C@H](Nc1ccccc1)[C@H]1CCCN1C(=O)OC(C)(C)C. The molecule has 1 aliphatic rings. The van der Waals surface area contributed by atoms with Gasteiger partial charge in [-0.05, 0) is 52.2 Å². The van der Waals surface area contributed by atoms with E-state index in [1.54, 1.807) is 0 Å². The summed E-state index contributed by atoms with van der Waals surface area (Å²) >= 11 is 0. The number of hydrogen-bond acceptors (Lipinski definition) is 3. The molecule has 1 aromatic carbocycles. The lowest BCUT2D eigenvalue weighted by Gasteiger charge is -2.33. The number of amides is 1. The van der Waals surface area contributed by atoms with Crippen molar-refractivity contribution in [1.29, 1.82) is 0 Å². The molecular formula is C18H28N2O2. The molecule has 0 radical (unpaired) electrons. The lowest BCUT2D eigenvalue weighted by atomic mass is 10.0. The third kappa shape index (κ3) is 4.39. The molecule has 1 aliphatic heterocycles. The number of nitrogens with one attached hydrogen (secondary N) is 1. The van der Waals surface area contributed by atoms with Crippen molar-refractivity contribution in [2.24, 2.45) is 0 Å². The summed E-state index contributed by atoms with van der Waals surface area (Å²) in [5.41, 5.74) is 0.657. The van der Waals surface area contributed by atoms with E-state index >= 15 is 0 Å². The van der Waals surface area contributed by atoms with Crippen molar-refractivity contribution in [3.63, 3.8) is 0 Å². The average molecular weight is 304 g/mol. The second-order valence-electron chi connectivity index (χ2n) is 6.91. The van der Waals surface area contributed by atoms with E-state index in [0.29, 0.717) is 0 Å². The number of rotatable bonds is 4. The third-order valence-corrected chi connectivity index (χ3v) is 3.96. The van der Waals surface area contributed by atoms with Crippen molar-refractivity contribution in [2.45, 2.75) is 64.6 Å². The van der Waals surface area contributed by atoms with Crippen LogP contribution in [0.1, 0.15) is 47.0 Å². The summed E-state index contributed by atoms with van der Waals surface area (Å²) in [6.45, 7) is 8.68. The minimum Gasteiger partial charge on any atom is -0.444 e. The first-order valence-corrected chi connectivity index (χ1v) is 8.22. The maximum atomic E-state index is 12.4. The van der Waals surface area contributed by atoms with Crippen LogP contribution < -0.4 is 5.32 Å². The lowest BCUT2D eigenvalue weighted by molar-refractivity contribution is 0.0211. The van der Waals surface area contributed by atoms with Gasteiger partial charge in [0.25, 0.3) is 0 Å². The van der Waals surface area contributed by atoms with Crippen molar-refractivity contribution in [3.05, 3.63) is 30.3 Å². The van der Waals surface area contributed by atoms with Crippen LogP contribution in [0.4, 0.5) is 10.5 Å². The number of carbonyl (C=O) groups excluding carboxylic acids is 1. The van der Waals surface area contributed by atoms with E-state index in [4.69, 9.17) is 4.74 Å². The zero-order chi connectivity index (χ0) is 16.2. The summed E-state index contributed by atoms with van der Waals surface area (Å²) in [7, 11) is 0. The minimum atomic E-state index is -0.446. The van der Waals surface area contributed by atoms with Crippen LogP contribution in [0.25, 0.3) is 0 Å². The van der Waals surface area contributed by atoms with Gasteiger partial charge in [-0.3, -0.25) is 0 Å². The van der Waals surface area contributed by atoms with E-state index in [-0.39, 0.29) is 18.2 Å². The molecule has 0 unspecified atom stereocenters. The van der Waals surface area contributed by atoms with E-state index in [1.165, 1.54) is 0 Å². The van der Waals surface area contributed by atoms with Crippen LogP contribution >= 0.6 is 0 Å². The zero-order valence-electron chi connectivity index (χ0n) is 14.1. The molecule has 22 heavy (non-hydrogen) atoms. The van der Waals surface area contributed by atoms with Crippen LogP contribution in [0, 0.1) is 0 Å². The van der Waals surface area contributed by atoms with Gasteiger partial charge in [-0.2, -0.15) is 0 Å². The van der Waals surface area contributed by atoms with Gasteiger partial charge in [0.2, 0.25) is 0 Å². The fraction of sp³-hybridized carbons (Fsp3) is 0.611. The lowest BCUT2D eigenvalue weighted by Crippen LogP contribution is -2.47. The van der Waals surface area contributed by atoms with Gasteiger partial charge in [0.05, 0.1) is 6.04 Å². The molecule has 0 bridgehead atoms. The van der Waals surface area contributed by atoms with E-state index in [2.05, 4.69) is 24.4 Å². The molecule has 4 heteroatoms. The summed E-state index contributed by atoms with van der Waals surface area (Å²) in [4.78, 5) is 14.3. The Kier molecular flexibility index (Phi) is 5.33. The first-order chi connectivity index (χ1) is 10.4. The molecule has 1 heterocycles. The van der Waals surface area contributed by atoms with E-state index < -0.39 is 5.60 Å². The molecule has 4 nitrogen and oxygen atoms in total. The number of anilines is 1. The minimum absolute atomic E-state index is 0.191. The fourth-order valence-corrected chi connectivity index (χ4v) is 2.98. The number of carbonyl (C=O) groups is 1. The van der Waals surface area contributed by atoms with Crippen LogP contribution in [0.15, 0.2) is 30.3 Å². The first-order valence-electron chi connectivity index (χ1n) is 8.22. The Morgan fingerprint density at radius 3 is 2.64 bits per heavy atom. The molecule has 0 aromatic heterocycles. The number of nitrogens with zero attached hydrogens (tertiary/aromatic N) is 1. The predicted octanol–water partition coefficient (Wildman–Crippen LogP) is 4.28. The highest BCUT2D eigenvalue weighted by Gasteiger charge is 2.36. The highest BCUT2D eigenvalue weighted by molar-refractivity contribution is 5.69. The summed E-state index contributed by atoms with van der Waals surface area (Å²) < 4.78 is 5.56. The van der Waals surface area contributed by atoms with Gasteiger partial charge in [-0.1, -0.05) is 25.1 Å². The molecule has 0 spiro atoms. The Hall–Kier alpha value is -1.71. The van der Waals surface area contributed by atoms with Crippen molar-refractivity contribution >= 4 is 11.8 Å². The summed E-state index contributed by atoms with van der Waals surface area (Å²) in [6.07, 6.45) is 2.84. The molecule has 1 amide bonds. The first kappa shape index (κ1) is 16.7. The van der Waals surface area contributed by atoms with Crippen LogP contribution in [0.2, 0.25) is 0 Å². The van der Waals surface area contributed by atoms with Gasteiger partial charge < -0.3 is 15.0 Å². The predicted molar refractivity (Wildman–Crippen MR) is 90.1 cm³/mol. The smallest absolute Gasteiger partial charge is 0.410 e. The molecule has 0 saturated carbocycles. The Labute approximate surface area is 133 Å². The highest BCUT2D eigenvalue weighted by Crippen LogP contribution is 2.26. The molecule has 1 aromatic rings. The van der Waals surface area contributed by atoms with Crippen molar-refractivity contribution in [2.75, 3.05) is 11.9 Å². The van der Waals surface area contributed by atoms with Gasteiger partial charge in [0, 0.05) is 18.3 Å². The van der Waals surface area contributed by atoms with Gasteiger partial charge in [-0.15, -0.1) is 0 Å². The van der Waals surface area contributed by atoms with Gasteiger partial charge >= 0.3 is 6.09 Å². The Morgan fingerprint density at radius 1 is 1.36 bits per heavy atom. The Balaban J connectivity index is 2.05. The van der Waals surface area contributed by atoms with Crippen LogP contribution in [0.5, 0.6) is 0 Å². The standard InChI is InChI=1S/C18H28N2O2/c1-5-15(19-14-10-7-6-8-11-14)16-12-9-13-20(16)17(21)22-18(2,3)4/h6-8,10-11,15-16,19H,5,9,12-13H2,1-4H3/t15-,16+/m0/s1. The van der Waals surface area contributed by atoms with E-state index in [1.807, 2.05) is 43.9 Å². The number of likely N-dealkylation sites (tertiary alicyclic amines) is 1. The molecule has 1 fully saturated rings. The van der Waals surface area contributed by atoms with Gasteiger partial charge in [-0.25, -0.2) is 4.79 Å². The fourth-order valence-electron chi connectivity index (χ4n) is 2.98. The molecule has 0 aliphatic carbocycles. The van der Waals surface area contributed by atoms with Crippen molar-refractivity contribution in [3.8, 4) is 0 Å². The van der Waals surface area contributed by atoms with E-state index in [9.17, 15) is 4.79 Å². The summed E-state index contributed by atoms with van der Waals surface area (Å²) in [5.74, 6) is 0. The van der Waals surface area contributed by atoms with Gasteiger partial charge in [0.1, 0.15) is 5.60 Å². The van der Waals surface area contributed by atoms with Crippen LogP contribution in [-0.2, 0) is 4.74 Å². The summed E-state index contributed by atoms with van der Waals surface area (Å²) in [6, 6.07) is 10.6. The Morgan fingerprint density at radius 2 is 2.05 bits per heavy atom. The van der Waals surface area contributed by atoms with Crippen molar-refractivity contribution in [1.82, 2.24) is 4.90 Å². The topological polar surface area (TPSA) is 41.6 Å². The number of benzene rings is 1. The molecule has 2 rings (SSSR count). The number of hydrogen-bond donors (Lipinski definition) is 1. The highest BCUT2D eigenvalue weighted by atomic mass is 16.6. The zero-order valence-corrected chi connectivity index (χ0v) is 14.1. The third-order valence-electron chi connectivity index (χ3n) is 3.96. The van der Waals surface area contributed by atoms with Crippen LogP contribution in [0.3, 0.4) is 0 Å². The molecule has 122 valence electrons. The normalized spacial score (nSPS) is 19.8. The Bertz CT molecular complexity index is 482. The van der Waals surface area contributed by atoms with Gasteiger partial charge in [0.15, 0.2) is 0 Å². The average Bonchev–Trinajstić information content (AvgIpc) is 2.93. The largest absolute Gasteiger partial charge is 0.444 e. The van der Waals surface area contributed by atoms with Crippen LogP contribution in [-0.4, -0.2) is 35.2 Å². The molecule has 1 saturated heterocycles. The van der Waals surface area contributed by atoms with E-state index in [0.717, 1.165) is 31.5 Å². The monoisotopic (exact) mass is 304 g/mol. The second-order valence-corrected chi connectivity index (χ2v) is 6.91. The maximum absolute atomic E-state index is 12.4. The van der Waals surface area contributed by atoms with Crippen molar-refractivity contribution < 1.29 is 9.53 Å². The number of para-hydroxylation sites is 1. The number of ether oxygens (including phenoxy) is 1. The molecule has 2 atom stereocenters. The quantitative estimate of drug-likeness (QED) is 0.903.